The number of carbonyl (C=O) groups excluding carboxylic acids is 2. The van der Waals surface area contributed by atoms with Crippen LogP contribution < -0.4 is 5.32 Å². The Morgan fingerprint density at radius 3 is 2.42 bits per heavy atom. The van der Waals surface area contributed by atoms with Crippen molar-refractivity contribution in [2.24, 2.45) is 0 Å². The molecular weight excluding hydrogens is 450 g/mol. The second kappa shape index (κ2) is 11.1. The summed E-state index contributed by atoms with van der Waals surface area (Å²) in [6.45, 7) is 1.80. The van der Waals surface area contributed by atoms with E-state index >= 15 is 0 Å². The van der Waals surface area contributed by atoms with E-state index in [-0.39, 0.29) is 25.0 Å². The highest BCUT2D eigenvalue weighted by atomic mass is 35.5. The Balaban J connectivity index is 1.58. The molecule has 0 spiro atoms. The number of halogens is 1. The lowest BCUT2D eigenvalue weighted by molar-refractivity contribution is -0.346. The highest BCUT2D eigenvalue weighted by molar-refractivity contribution is 6.26. The number of carbonyl (C=O) groups is 2. The third-order valence-electron chi connectivity index (χ3n) is 5.41. The Morgan fingerprint density at radius 1 is 1.06 bits per heavy atom. The molecule has 2 heterocycles. The first-order valence-electron chi connectivity index (χ1n) is 10.7. The van der Waals surface area contributed by atoms with E-state index in [4.69, 9.17) is 35.3 Å². The van der Waals surface area contributed by atoms with Crippen molar-refractivity contribution in [3.63, 3.8) is 0 Å². The molecule has 0 radical (unpaired) electrons. The smallest absolute Gasteiger partial charge is 0.321 e. The highest BCUT2D eigenvalue weighted by Crippen LogP contribution is 2.36. The largest absolute Gasteiger partial charge is 0.456 e. The van der Waals surface area contributed by atoms with E-state index < -0.39 is 42.9 Å². The third-order valence-corrected chi connectivity index (χ3v) is 5.63. The van der Waals surface area contributed by atoms with Crippen LogP contribution in [0, 0.1) is 0 Å². The van der Waals surface area contributed by atoms with Crippen LogP contribution in [0.15, 0.2) is 60.7 Å². The standard InChI is InChI=1S/C24H26ClNO7/c1-15(27)26-20-22(32-19(28)12-25)21-18(14-30-23(33-21)17-10-6-3-7-11-17)31-24(20)29-13-16-8-4-2-5-9-16/h2-11,18,20-24H,12-14H2,1H3,(H,26,27)/t18-,20+,21-,22-,23-,24-/m1/s1. The quantitative estimate of drug-likeness (QED) is 0.486. The second-order valence-corrected chi connectivity index (χ2v) is 8.10. The van der Waals surface area contributed by atoms with Gasteiger partial charge in [0.05, 0.1) is 13.2 Å². The molecule has 2 aromatic carbocycles. The molecule has 2 saturated heterocycles. The zero-order valence-electron chi connectivity index (χ0n) is 18.1. The predicted molar refractivity (Wildman–Crippen MR) is 118 cm³/mol. The minimum absolute atomic E-state index is 0.192. The molecule has 0 bridgehead atoms. The van der Waals surface area contributed by atoms with E-state index in [0.29, 0.717) is 0 Å². The zero-order chi connectivity index (χ0) is 23.2. The van der Waals surface area contributed by atoms with Crippen LogP contribution in [0.25, 0.3) is 0 Å². The lowest BCUT2D eigenvalue weighted by Crippen LogP contribution is -2.67. The highest BCUT2D eigenvalue weighted by Gasteiger charge is 2.52. The summed E-state index contributed by atoms with van der Waals surface area (Å²) in [5, 5.41) is 2.81. The fourth-order valence-corrected chi connectivity index (χ4v) is 4.02. The maximum Gasteiger partial charge on any atom is 0.321 e. The average Bonchev–Trinajstić information content (AvgIpc) is 2.84. The summed E-state index contributed by atoms with van der Waals surface area (Å²) in [7, 11) is 0. The van der Waals surface area contributed by atoms with Gasteiger partial charge in [-0.25, -0.2) is 0 Å². The van der Waals surface area contributed by atoms with Crippen molar-refractivity contribution in [3.8, 4) is 0 Å². The van der Waals surface area contributed by atoms with Gasteiger partial charge in [0.2, 0.25) is 5.91 Å². The van der Waals surface area contributed by atoms with Crippen LogP contribution in [-0.2, 0) is 39.9 Å². The van der Waals surface area contributed by atoms with Crippen molar-refractivity contribution in [1.29, 1.82) is 0 Å². The van der Waals surface area contributed by atoms with Crippen molar-refractivity contribution in [2.75, 3.05) is 12.5 Å². The monoisotopic (exact) mass is 475 g/mol. The van der Waals surface area contributed by atoms with Crippen molar-refractivity contribution in [1.82, 2.24) is 5.32 Å². The summed E-state index contributed by atoms with van der Waals surface area (Å²) in [6, 6.07) is 18.2. The van der Waals surface area contributed by atoms with Crippen LogP contribution in [0.4, 0.5) is 0 Å². The average molecular weight is 476 g/mol. The van der Waals surface area contributed by atoms with Crippen LogP contribution >= 0.6 is 11.6 Å². The van der Waals surface area contributed by atoms with Gasteiger partial charge in [0.15, 0.2) is 18.7 Å². The number of hydrogen-bond donors (Lipinski definition) is 1. The van der Waals surface area contributed by atoms with Crippen LogP contribution in [0.3, 0.4) is 0 Å². The molecule has 4 rings (SSSR count). The molecule has 2 aromatic rings. The molecule has 9 heteroatoms. The molecule has 2 aliphatic heterocycles. The van der Waals surface area contributed by atoms with Gasteiger partial charge in [0.1, 0.15) is 24.1 Å². The molecule has 1 N–H and O–H groups in total. The van der Waals surface area contributed by atoms with E-state index in [0.717, 1.165) is 11.1 Å². The van der Waals surface area contributed by atoms with E-state index in [1.54, 1.807) is 0 Å². The number of esters is 1. The molecular formula is C24H26ClNO7. The number of ether oxygens (including phenoxy) is 5. The van der Waals surface area contributed by atoms with Gasteiger partial charge in [-0.2, -0.15) is 0 Å². The molecule has 2 fully saturated rings. The predicted octanol–water partition coefficient (Wildman–Crippen LogP) is 2.70. The van der Waals surface area contributed by atoms with Crippen LogP contribution in [0.5, 0.6) is 0 Å². The zero-order valence-corrected chi connectivity index (χ0v) is 18.9. The number of amides is 1. The maximum atomic E-state index is 12.2. The fraction of sp³-hybridized carbons (Fsp3) is 0.417. The number of hydrogen-bond acceptors (Lipinski definition) is 7. The van der Waals surface area contributed by atoms with Gasteiger partial charge in [-0.1, -0.05) is 60.7 Å². The summed E-state index contributed by atoms with van der Waals surface area (Å²) in [5.41, 5.74) is 1.75. The van der Waals surface area contributed by atoms with Gasteiger partial charge in [0, 0.05) is 12.5 Å². The Labute approximate surface area is 197 Å². The minimum atomic E-state index is -0.899. The first-order chi connectivity index (χ1) is 16.0. The van der Waals surface area contributed by atoms with Crippen molar-refractivity contribution < 1.29 is 33.3 Å². The molecule has 33 heavy (non-hydrogen) atoms. The van der Waals surface area contributed by atoms with Gasteiger partial charge in [-0.05, 0) is 5.56 Å². The Kier molecular flexibility index (Phi) is 7.95. The maximum absolute atomic E-state index is 12.2. The number of nitrogens with one attached hydrogen (secondary N) is 1. The minimum Gasteiger partial charge on any atom is -0.456 e. The summed E-state index contributed by atoms with van der Waals surface area (Å²) in [5.74, 6) is -1.30. The van der Waals surface area contributed by atoms with Gasteiger partial charge in [0.25, 0.3) is 0 Å². The molecule has 0 aromatic heterocycles. The van der Waals surface area contributed by atoms with E-state index in [9.17, 15) is 9.59 Å². The Bertz CT molecular complexity index is 929. The van der Waals surface area contributed by atoms with E-state index in [1.807, 2.05) is 60.7 Å². The van der Waals surface area contributed by atoms with Crippen LogP contribution in [0.2, 0.25) is 0 Å². The number of alkyl halides is 1. The normalized spacial score (nSPS) is 29.0. The molecule has 6 atom stereocenters. The number of rotatable bonds is 7. The van der Waals surface area contributed by atoms with Crippen molar-refractivity contribution in [3.05, 3.63) is 71.8 Å². The fourth-order valence-electron chi connectivity index (χ4n) is 3.96. The van der Waals surface area contributed by atoms with Crippen molar-refractivity contribution >= 4 is 23.5 Å². The first-order valence-corrected chi connectivity index (χ1v) is 11.2. The summed E-state index contributed by atoms with van der Waals surface area (Å²) < 4.78 is 29.9. The summed E-state index contributed by atoms with van der Waals surface area (Å²) >= 11 is 5.71. The lowest BCUT2D eigenvalue weighted by atomic mass is 9.95. The van der Waals surface area contributed by atoms with Crippen LogP contribution in [0.1, 0.15) is 24.3 Å². The van der Waals surface area contributed by atoms with Gasteiger partial charge < -0.3 is 29.0 Å². The molecule has 176 valence electrons. The van der Waals surface area contributed by atoms with Gasteiger partial charge >= 0.3 is 5.97 Å². The van der Waals surface area contributed by atoms with Gasteiger partial charge in [-0.3, -0.25) is 9.59 Å². The molecule has 1 amide bonds. The number of fused-ring (bicyclic) bond motifs is 1. The van der Waals surface area contributed by atoms with Gasteiger partial charge in [-0.15, -0.1) is 11.6 Å². The lowest BCUT2D eigenvalue weighted by Gasteiger charge is -2.48. The molecule has 2 aliphatic rings. The number of benzene rings is 2. The SMILES string of the molecule is CC(=O)N[C@@H]1[C@H](OCc2ccccc2)O[C@@H]2CO[C@@H](c3ccccc3)O[C@H]2[C@@H]1OC(=O)CCl. The van der Waals surface area contributed by atoms with Crippen LogP contribution in [-0.4, -0.2) is 55.0 Å². The summed E-state index contributed by atoms with van der Waals surface area (Å²) in [6.07, 6.45) is -3.75. The molecule has 0 aliphatic carbocycles. The molecule has 0 unspecified atom stereocenters. The molecule has 8 nitrogen and oxygen atoms in total. The Hall–Kier alpha value is -2.49. The van der Waals surface area contributed by atoms with E-state index in [1.165, 1.54) is 6.92 Å². The first kappa shape index (κ1) is 23.7. The second-order valence-electron chi connectivity index (χ2n) is 7.83. The van der Waals surface area contributed by atoms with E-state index in [2.05, 4.69) is 5.32 Å². The topological polar surface area (TPSA) is 92.3 Å². The van der Waals surface area contributed by atoms with Crippen molar-refractivity contribution in [2.45, 2.75) is 50.5 Å². The third kappa shape index (κ3) is 5.90. The molecule has 0 saturated carbocycles. The summed E-state index contributed by atoms with van der Waals surface area (Å²) in [4.78, 5) is 24.2. The Morgan fingerprint density at radius 2 is 1.76 bits per heavy atom.